The molecule has 1 aliphatic heterocycles. The van der Waals surface area contributed by atoms with Crippen molar-refractivity contribution in [2.45, 2.75) is 26.1 Å². The second kappa shape index (κ2) is 10.1. The standard InChI is InChI=1S/C26H25ClN2O5/c1-16-26(31)29(14-17-7-4-5-8-20(17)27)15-18-13-19(11-12-21(18)34-16)28-25(30)24-22(32-2)9-6-10-23(24)33-3/h4-13,16H,14-15H2,1-3H3,(H,28,30)/t16-/m1/s1. The Morgan fingerprint density at radius 3 is 2.47 bits per heavy atom. The molecule has 1 heterocycles. The molecule has 0 saturated heterocycles. The predicted molar refractivity (Wildman–Crippen MR) is 130 cm³/mol. The Kier molecular flexibility index (Phi) is 6.93. The molecule has 0 saturated carbocycles. The van der Waals surface area contributed by atoms with Gasteiger partial charge in [0.15, 0.2) is 6.10 Å². The van der Waals surface area contributed by atoms with E-state index < -0.39 is 6.10 Å². The summed E-state index contributed by atoms with van der Waals surface area (Å²) in [6.45, 7) is 2.38. The number of fused-ring (bicyclic) bond motifs is 1. The smallest absolute Gasteiger partial charge is 0.263 e. The van der Waals surface area contributed by atoms with Gasteiger partial charge in [-0.2, -0.15) is 0 Å². The summed E-state index contributed by atoms with van der Waals surface area (Å²) < 4.78 is 16.6. The molecule has 2 amide bonds. The normalized spacial score (nSPS) is 15.1. The zero-order valence-corrected chi connectivity index (χ0v) is 19.9. The van der Waals surface area contributed by atoms with Crippen LogP contribution in [0.1, 0.15) is 28.4 Å². The van der Waals surface area contributed by atoms with Gasteiger partial charge in [-0.3, -0.25) is 9.59 Å². The Bertz CT molecular complexity index is 1210. The SMILES string of the molecule is COc1cccc(OC)c1C(=O)Nc1ccc2c(c1)CN(Cc1ccccc1Cl)C(=O)[C@@H](C)O2. The molecule has 176 valence electrons. The largest absolute Gasteiger partial charge is 0.496 e. The molecule has 3 aromatic rings. The Balaban J connectivity index is 1.61. The lowest BCUT2D eigenvalue weighted by molar-refractivity contribution is -0.138. The summed E-state index contributed by atoms with van der Waals surface area (Å²) >= 11 is 6.32. The first-order valence-corrected chi connectivity index (χ1v) is 11.1. The van der Waals surface area contributed by atoms with Crippen LogP contribution >= 0.6 is 11.6 Å². The molecule has 1 N–H and O–H groups in total. The van der Waals surface area contributed by atoms with Crippen LogP contribution in [0.25, 0.3) is 0 Å². The first kappa shape index (κ1) is 23.4. The van der Waals surface area contributed by atoms with E-state index in [-0.39, 0.29) is 11.8 Å². The van der Waals surface area contributed by atoms with Crippen molar-refractivity contribution in [1.29, 1.82) is 0 Å². The van der Waals surface area contributed by atoms with E-state index in [4.69, 9.17) is 25.8 Å². The lowest BCUT2D eigenvalue weighted by Gasteiger charge is -2.22. The van der Waals surface area contributed by atoms with Crippen LogP contribution in [0.5, 0.6) is 17.2 Å². The minimum Gasteiger partial charge on any atom is -0.496 e. The van der Waals surface area contributed by atoms with E-state index in [1.54, 1.807) is 54.3 Å². The van der Waals surface area contributed by atoms with E-state index >= 15 is 0 Å². The molecule has 0 spiro atoms. The second-order valence-electron chi connectivity index (χ2n) is 7.86. The molecule has 34 heavy (non-hydrogen) atoms. The lowest BCUT2D eigenvalue weighted by Crippen LogP contribution is -2.37. The number of hydrogen-bond acceptors (Lipinski definition) is 5. The number of rotatable bonds is 6. The number of halogens is 1. The minimum absolute atomic E-state index is 0.138. The molecule has 0 aliphatic carbocycles. The van der Waals surface area contributed by atoms with Crippen LogP contribution in [0.2, 0.25) is 5.02 Å². The average Bonchev–Trinajstić information content (AvgIpc) is 2.95. The van der Waals surface area contributed by atoms with Crippen molar-refractivity contribution < 1.29 is 23.8 Å². The van der Waals surface area contributed by atoms with Crippen LogP contribution in [0.4, 0.5) is 5.69 Å². The van der Waals surface area contributed by atoms with Crippen LogP contribution in [0.3, 0.4) is 0 Å². The van der Waals surface area contributed by atoms with Crippen LogP contribution in [-0.4, -0.2) is 37.0 Å². The second-order valence-corrected chi connectivity index (χ2v) is 8.27. The highest BCUT2D eigenvalue weighted by Gasteiger charge is 2.29. The summed E-state index contributed by atoms with van der Waals surface area (Å²) in [4.78, 5) is 27.8. The van der Waals surface area contributed by atoms with Gasteiger partial charge in [-0.15, -0.1) is 0 Å². The number of hydrogen-bond donors (Lipinski definition) is 1. The zero-order chi connectivity index (χ0) is 24.2. The van der Waals surface area contributed by atoms with Gasteiger partial charge in [-0.25, -0.2) is 0 Å². The lowest BCUT2D eigenvalue weighted by atomic mass is 10.1. The summed E-state index contributed by atoms with van der Waals surface area (Å²) in [7, 11) is 2.99. The topological polar surface area (TPSA) is 77.1 Å². The molecule has 7 nitrogen and oxygen atoms in total. The van der Waals surface area contributed by atoms with Crippen LogP contribution in [-0.2, 0) is 17.9 Å². The third-order valence-electron chi connectivity index (χ3n) is 5.62. The average molecular weight is 481 g/mol. The quantitative estimate of drug-likeness (QED) is 0.542. The third kappa shape index (κ3) is 4.79. The van der Waals surface area contributed by atoms with E-state index in [1.165, 1.54) is 14.2 Å². The van der Waals surface area contributed by atoms with Gasteiger partial charge >= 0.3 is 0 Å². The first-order valence-electron chi connectivity index (χ1n) is 10.8. The van der Waals surface area contributed by atoms with Crippen LogP contribution < -0.4 is 19.5 Å². The summed E-state index contributed by atoms with van der Waals surface area (Å²) in [5.41, 5.74) is 2.47. The molecular weight excluding hydrogens is 456 g/mol. The molecule has 1 aliphatic rings. The van der Waals surface area contributed by atoms with Crippen molar-refractivity contribution in [3.05, 3.63) is 82.4 Å². The molecule has 0 unspecified atom stereocenters. The fourth-order valence-corrected chi connectivity index (χ4v) is 4.11. The van der Waals surface area contributed by atoms with E-state index in [2.05, 4.69) is 5.32 Å². The van der Waals surface area contributed by atoms with E-state index in [0.717, 1.165) is 11.1 Å². The fraction of sp³-hybridized carbons (Fsp3) is 0.231. The number of carbonyl (C=O) groups excluding carboxylic acids is 2. The van der Waals surface area contributed by atoms with Gasteiger partial charge in [0.05, 0.1) is 14.2 Å². The van der Waals surface area contributed by atoms with Gasteiger partial charge in [0.1, 0.15) is 22.8 Å². The maximum absolute atomic E-state index is 13.1. The first-order chi connectivity index (χ1) is 16.4. The van der Waals surface area contributed by atoms with Gasteiger partial charge in [-0.1, -0.05) is 35.9 Å². The third-order valence-corrected chi connectivity index (χ3v) is 5.99. The van der Waals surface area contributed by atoms with Crippen LogP contribution in [0, 0.1) is 0 Å². The van der Waals surface area contributed by atoms with Crippen LogP contribution in [0.15, 0.2) is 60.7 Å². The Morgan fingerprint density at radius 1 is 1.09 bits per heavy atom. The van der Waals surface area contributed by atoms with Crippen molar-refractivity contribution in [1.82, 2.24) is 4.90 Å². The molecule has 0 radical (unpaired) electrons. The molecule has 1 atom stereocenters. The van der Waals surface area contributed by atoms with Crippen molar-refractivity contribution in [2.24, 2.45) is 0 Å². The number of carbonyl (C=O) groups is 2. The zero-order valence-electron chi connectivity index (χ0n) is 19.1. The predicted octanol–water partition coefficient (Wildman–Crippen LogP) is 4.92. The molecule has 4 rings (SSSR count). The summed E-state index contributed by atoms with van der Waals surface area (Å²) in [5, 5.41) is 3.49. The van der Waals surface area contributed by atoms with E-state index in [0.29, 0.717) is 46.6 Å². The summed E-state index contributed by atoms with van der Waals surface area (Å²) in [5.74, 6) is 0.887. The highest BCUT2D eigenvalue weighted by Crippen LogP contribution is 2.32. The number of amides is 2. The maximum atomic E-state index is 13.1. The number of ether oxygens (including phenoxy) is 3. The highest BCUT2D eigenvalue weighted by atomic mass is 35.5. The molecule has 8 heteroatoms. The van der Waals surface area contributed by atoms with Gasteiger partial charge in [0.2, 0.25) is 0 Å². The monoisotopic (exact) mass is 480 g/mol. The molecule has 0 bridgehead atoms. The molecule has 0 aromatic heterocycles. The van der Waals surface area contributed by atoms with Crippen molar-refractivity contribution in [2.75, 3.05) is 19.5 Å². The van der Waals surface area contributed by atoms with Crippen molar-refractivity contribution in [3.8, 4) is 17.2 Å². The maximum Gasteiger partial charge on any atom is 0.263 e. The Hall–Kier alpha value is -3.71. The molecule has 0 fully saturated rings. The van der Waals surface area contributed by atoms with Gasteiger partial charge < -0.3 is 24.4 Å². The number of benzene rings is 3. The van der Waals surface area contributed by atoms with E-state index in [1.807, 2.05) is 18.2 Å². The fourth-order valence-electron chi connectivity index (χ4n) is 3.91. The number of nitrogens with one attached hydrogen (secondary N) is 1. The number of nitrogens with zero attached hydrogens (tertiary/aromatic N) is 1. The summed E-state index contributed by atoms with van der Waals surface area (Å²) in [6.07, 6.45) is -0.651. The van der Waals surface area contributed by atoms with Gasteiger partial charge in [0, 0.05) is 29.4 Å². The van der Waals surface area contributed by atoms with Crippen molar-refractivity contribution >= 4 is 29.1 Å². The number of anilines is 1. The highest BCUT2D eigenvalue weighted by molar-refractivity contribution is 6.31. The van der Waals surface area contributed by atoms with Gasteiger partial charge in [0.25, 0.3) is 11.8 Å². The van der Waals surface area contributed by atoms with Gasteiger partial charge in [-0.05, 0) is 48.9 Å². The Labute approximate surface area is 203 Å². The molecule has 3 aromatic carbocycles. The minimum atomic E-state index is -0.651. The number of methoxy groups -OCH3 is 2. The van der Waals surface area contributed by atoms with E-state index in [9.17, 15) is 9.59 Å². The summed E-state index contributed by atoms with van der Waals surface area (Å²) in [6, 6.07) is 17.9. The Morgan fingerprint density at radius 2 is 1.79 bits per heavy atom. The molecular formula is C26H25ClN2O5. The van der Waals surface area contributed by atoms with Crippen molar-refractivity contribution in [3.63, 3.8) is 0 Å².